The van der Waals surface area contributed by atoms with Gasteiger partial charge >= 0.3 is 11.9 Å². The number of H-pyrrole nitrogens is 2. The molecule has 3 heterocycles. The zero-order valence-corrected chi connectivity index (χ0v) is 31.4. The van der Waals surface area contributed by atoms with Crippen molar-refractivity contribution in [3.63, 3.8) is 0 Å². The Morgan fingerprint density at radius 3 is 1.63 bits per heavy atom. The van der Waals surface area contributed by atoms with E-state index < -0.39 is 0 Å². The summed E-state index contributed by atoms with van der Waals surface area (Å²) >= 11 is 5.65. The van der Waals surface area contributed by atoms with Crippen LogP contribution < -0.4 is 9.47 Å². The van der Waals surface area contributed by atoms with Crippen molar-refractivity contribution >= 4 is 45.3 Å². The number of rotatable bonds is 13. The molecule has 0 atom stereocenters. The second-order valence-electron chi connectivity index (χ2n) is 13.2. The molecule has 0 saturated carbocycles. The van der Waals surface area contributed by atoms with Crippen molar-refractivity contribution in [3.8, 4) is 11.5 Å². The summed E-state index contributed by atoms with van der Waals surface area (Å²) in [5, 5.41) is 11.2. The fraction of sp³-hybridized carbons (Fsp3) is 0.302. The molecule has 3 N–H and O–H groups in total. The molecule has 11 heteroatoms. The molecule has 7 rings (SSSR count). The molecule has 1 saturated heterocycles. The van der Waals surface area contributed by atoms with E-state index in [0.29, 0.717) is 36.0 Å². The fourth-order valence-corrected chi connectivity index (χ4v) is 6.58. The topological polar surface area (TPSA) is 126 Å². The van der Waals surface area contributed by atoms with Crippen LogP contribution in [0.15, 0.2) is 97.1 Å². The van der Waals surface area contributed by atoms with E-state index in [1.807, 2.05) is 111 Å². The van der Waals surface area contributed by atoms with E-state index in [2.05, 4.69) is 14.9 Å². The standard InChI is InChI=1S/C24H28N2O4.C19H18ClNO3/c1-17-23(24(28)30-16-18-5-3-2-4-6-18)21-15-20(7-8-22(21)25-17)29-14-13-26-11-9-19(27)10-12-26;1-13-18(19(22)24-12-14-5-3-2-4-6-14)16-11-15(23-10-9-20)7-8-17(16)21-13/h2-8,15,19,25,27H,9-14,16H2,1H3;2-8,11,21H,9-10,12H2,1H3. The van der Waals surface area contributed by atoms with E-state index in [9.17, 15) is 14.7 Å². The highest BCUT2D eigenvalue weighted by Crippen LogP contribution is 2.29. The van der Waals surface area contributed by atoms with Gasteiger partial charge in [0, 0.05) is 52.8 Å². The van der Waals surface area contributed by atoms with Crippen LogP contribution in [0.1, 0.15) is 56.1 Å². The molecule has 0 aliphatic carbocycles. The van der Waals surface area contributed by atoms with Gasteiger partial charge in [-0.3, -0.25) is 4.90 Å². The number of aliphatic hydroxyl groups excluding tert-OH is 1. The van der Waals surface area contributed by atoms with Gasteiger partial charge < -0.3 is 34.0 Å². The number of likely N-dealkylation sites (tertiary alicyclic amines) is 1. The highest BCUT2D eigenvalue weighted by molar-refractivity contribution is 6.18. The van der Waals surface area contributed by atoms with Crippen LogP contribution >= 0.6 is 11.6 Å². The maximum Gasteiger partial charge on any atom is 0.340 e. The summed E-state index contributed by atoms with van der Waals surface area (Å²) in [6, 6.07) is 30.6. The van der Waals surface area contributed by atoms with Crippen molar-refractivity contribution in [3.05, 3.63) is 131 Å². The molecule has 282 valence electrons. The van der Waals surface area contributed by atoms with Gasteiger partial charge in [-0.05, 0) is 74.2 Å². The number of esters is 2. The van der Waals surface area contributed by atoms with Crippen LogP contribution in [0, 0.1) is 13.8 Å². The Bertz CT molecular complexity index is 2140. The summed E-state index contributed by atoms with van der Waals surface area (Å²) in [6.07, 6.45) is 1.48. The number of aromatic nitrogens is 2. The number of aryl methyl sites for hydroxylation is 2. The predicted octanol–water partition coefficient (Wildman–Crippen LogP) is 8.12. The van der Waals surface area contributed by atoms with Gasteiger partial charge in [0.15, 0.2) is 0 Å². The number of carbonyl (C=O) groups is 2. The molecule has 0 unspecified atom stereocenters. The summed E-state index contributed by atoms with van der Waals surface area (Å²) in [5.41, 5.74) is 6.32. The number of hydrogen-bond donors (Lipinski definition) is 3. The van der Waals surface area contributed by atoms with E-state index in [1.54, 1.807) is 0 Å². The van der Waals surface area contributed by atoms with Crippen molar-refractivity contribution in [2.24, 2.45) is 0 Å². The maximum absolute atomic E-state index is 12.8. The molecular weight excluding hydrogens is 706 g/mol. The summed E-state index contributed by atoms with van der Waals surface area (Å²) < 4.78 is 22.5. The molecule has 0 radical (unpaired) electrons. The summed E-state index contributed by atoms with van der Waals surface area (Å²) in [5.74, 6) is 1.13. The quantitative estimate of drug-likeness (QED) is 0.0799. The number of halogens is 1. The molecule has 1 fully saturated rings. The molecule has 4 aromatic carbocycles. The van der Waals surface area contributed by atoms with Crippen molar-refractivity contribution in [2.75, 3.05) is 38.7 Å². The normalized spacial score (nSPS) is 13.3. The van der Waals surface area contributed by atoms with Gasteiger partial charge in [0.05, 0.1) is 23.1 Å². The maximum atomic E-state index is 12.8. The van der Waals surface area contributed by atoms with E-state index in [4.69, 9.17) is 30.5 Å². The Kier molecular flexibility index (Phi) is 13.3. The predicted molar refractivity (Wildman–Crippen MR) is 211 cm³/mol. The van der Waals surface area contributed by atoms with Gasteiger partial charge in [-0.25, -0.2) is 9.59 Å². The molecule has 2 aromatic heterocycles. The van der Waals surface area contributed by atoms with Crippen molar-refractivity contribution < 1.29 is 33.6 Å². The highest BCUT2D eigenvalue weighted by Gasteiger charge is 2.20. The Labute approximate surface area is 319 Å². The molecule has 10 nitrogen and oxygen atoms in total. The Morgan fingerprint density at radius 2 is 1.17 bits per heavy atom. The first-order valence-corrected chi connectivity index (χ1v) is 18.7. The Morgan fingerprint density at radius 1 is 0.704 bits per heavy atom. The van der Waals surface area contributed by atoms with Crippen LogP contribution in [0.5, 0.6) is 11.5 Å². The van der Waals surface area contributed by atoms with Gasteiger partial charge in [-0.2, -0.15) is 0 Å². The summed E-state index contributed by atoms with van der Waals surface area (Å²) in [6.45, 7) is 7.84. The van der Waals surface area contributed by atoms with Gasteiger partial charge in [0.25, 0.3) is 0 Å². The molecule has 6 aromatic rings. The minimum atomic E-state index is -0.350. The number of ether oxygens (including phenoxy) is 4. The molecule has 0 bridgehead atoms. The third kappa shape index (κ3) is 10.0. The number of nitrogens with one attached hydrogen (secondary N) is 2. The third-order valence-corrected chi connectivity index (χ3v) is 9.48. The number of piperidine rings is 1. The average Bonchev–Trinajstić information content (AvgIpc) is 3.71. The molecule has 54 heavy (non-hydrogen) atoms. The third-order valence-electron chi connectivity index (χ3n) is 9.33. The summed E-state index contributed by atoms with van der Waals surface area (Å²) in [7, 11) is 0. The van der Waals surface area contributed by atoms with E-state index in [-0.39, 0.29) is 31.3 Å². The van der Waals surface area contributed by atoms with E-state index in [1.165, 1.54) is 0 Å². The van der Waals surface area contributed by atoms with Gasteiger partial charge in [-0.1, -0.05) is 60.7 Å². The smallest absolute Gasteiger partial charge is 0.340 e. The first-order chi connectivity index (χ1) is 26.3. The van der Waals surface area contributed by atoms with Crippen LogP contribution in [0.4, 0.5) is 0 Å². The van der Waals surface area contributed by atoms with Gasteiger partial charge in [0.1, 0.15) is 37.9 Å². The van der Waals surface area contributed by atoms with E-state index >= 15 is 0 Å². The first kappa shape index (κ1) is 38.4. The molecular formula is C43H46ClN3O7. The number of aliphatic hydroxyl groups is 1. The van der Waals surface area contributed by atoms with Crippen molar-refractivity contribution in [2.45, 2.75) is 46.0 Å². The molecule has 1 aliphatic rings. The number of fused-ring (bicyclic) bond motifs is 2. The lowest BCUT2D eigenvalue weighted by atomic mass is 10.1. The molecule has 0 amide bonds. The van der Waals surface area contributed by atoms with Crippen molar-refractivity contribution in [1.82, 2.24) is 14.9 Å². The average molecular weight is 752 g/mol. The number of carbonyl (C=O) groups excluding carboxylic acids is 2. The number of alkyl halides is 1. The zero-order chi connectivity index (χ0) is 37.9. The molecule has 0 spiro atoms. The molecule has 1 aliphatic heterocycles. The van der Waals surface area contributed by atoms with Crippen LogP contribution in [0.25, 0.3) is 21.8 Å². The SMILES string of the molecule is Cc1[nH]c2ccc(OCCCl)cc2c1C(=O)OCc1ccccc1.Cc1[nH]c2ccc(OCCN3CCC(O)CC3)cc2c1C(=O)OCc1ccccc1. The Balaban J connectivity index is 0.000000189. The van der Waals surface area contributed by atoms with E-state index in [0.717, 1.165) is 82.5 Å². The fourth-order valence-electron chi connectivity index (χ4n) is 6.50. The number of nitrogens with zero attached hydrogens (tertiary/aromatic N) is 1. The van der Waals surface area contributed by atoms with Gasteiger partial charge in [0.2, 0.25) is 0 Å². The number of hydrogen-bond acceptors (Lipinski definition) is 8. The van der Waals surface area contributed by atoms with Crippen LogP contribution in [-0.4, -0.2) is 76.7 Å². The second kappa shape index (κ2) is 18.6. The van der Waals surface area contributed by atoms with Crippen LogP contribution in [-0.2, 0) is 22.7 Å². The number of benzene rings is 4. The largest absolute Gasteiger partial charge is 0.492 e. The van der Waals surface area contributed by atoms with Crippen LogP contribution in [0.2, 0.25) is 0 Å². The lowest BCUT2D eigenvalue weighted by molar-refractivity contribution is 0.0465. The minimum absolute atomic E-state index is 0.165. The Hall–Kier alpha value is -5.29. The minimum Gasteiger partial charge on any atom is -0.492 e. The first-order valence-electron chi connectivity index (χ1n) is 18.2. The highest BCUT2D eigenvalue weighted by atomic mass is 35.5. The zero-order valence-electron chi connectivity index (χ0n) is 30.6. The summed E-state index contributed by atoms with van der Waals surface area (Å²) in [4.78, 5) is 34.1. The monoisotopic (exact) mass is 751 g/mol. The van der Waals surface area contributed by atoms with Gasteiger partial charge in [-0.15, -0.1) is 11.6 Å². The van der Waals surface area contributed by atoms with Crippen molar-refractivity contribution in [1.29, 1.82) is 0 Å². The lowest BCUT2D eigenvalue weighted by Gasteiger charge is -2.29. The second-order valence-corrected chi connectivity index (χ2v) is 13.6. The lowest BCUT2D eigenvalue weighted by Crippen LogP contribution is -2.38. The van der Waals surface area contributed by atoms with Crippen LogP contribution in [0.3, 0.4) is 0 Å². The number of aromatic amines is 2.